The van der Waals surface area contributed by atoms with Gasteiger partial charge in [-0.3, -0.25) is 14.6 Å². The molecule has 3 heterocycles. The van der Waals surface area contributed by atoms with E-state index in [2.05, 4.69) is 20.2 Å². The summed E-state index contributed by atoms with van der Waals surface area (Å²) in [4.78, 5) is 20.5. The van der Waals surface area contributed by atoms with Crippen LogP contribution in [0.2, 0.25) is 0 Å². The first kappa shape index (κ1) is 18.3. The van der Waals surface area contributed by atoms with Crippen molar-refractivity contribution in [3.8, 4) is 11.4 Å². The van der Waals surface area contributed by atoms with Crippen molar-refractivity contribution >= 4 is 6.09 Å². The normalized spacial score (nSPS) is 15.9. The molecule has 0 aliphatic carbocycles. The zero-order valence-corrected chi connectivity index (χ0v) is 15.6. The van der Waals surface area contributed by atoms with Crippen molar-refractivity contribution < 1.29 is 9.53 Å². The van der Waals surface area contributed by atoms with Crippen LogP contribution in [-0.2, 0) is 11.3 Å². The van der Waals surface area contributed by atoms with Crippen LogP contribution in [0.4, 0.5) is 4.79 Å². The van der Waals surface area contributed by atoms with E-state index >= 15 is 0 Å². The number of pyridine rings is 1. The number of amides is 1. The van der Waals surface area contributed by atoms with Gasteiger partial charge in [-0.15, -0.1) is 5.10 Å². The predicted octanol–water partition coefficient (Wildman–Crippen LogP) is 1.89. The zero-order valence-electron chi connectivity index (χ0n) is 15.6. The molecule has 1 amide bonds. The van der Waals surface area contributed by atoms with E-state index in [1.54, 1.807) is 11.1 Å². The Balaban J connectivity index is 1.44. The Labute approximate surface area is 153 Å². The summed E-state index contributed by atoms with van der Waals surface area (Å²) in [6.07, 6.45) is 3.44. The summed E-state index contributed by atoms with van der Waals surface area (Å²) >= 11 is 0. The van der Waals surface area contributed by atoms with Crippen molar-refractivity contribution in [3.05, 3.63) is 30.6 Å². The van der Waals surface area contributed by atoms with Crippen LogP contribution in [0.15, 0.2) is 30.6 Å². The third-order valence-corrected chi connectivity index (χ3v) is 4.14. The maximum absolute atomic E-state index is 12.1. The molecule has 0 bridgehead atoms. The van der Waals surface area contributed by atoms with Gasteiger partial charge in [-0.25, -0.2) is 4.79 Å². The van der Waals surface area contributed by atoms with E-state index < -0.39 is 5.60 Å². The lowest BCUT2D eigenvalue weighted by Gasteiger charge is -2.35. The Morgan fingerprint density at radius 2 is 1.88 bits per heavy atom. The highest BCUT2D eigenvalue weighted by atomic mass is 16.6. The first-order valence-corrected chi connectivity index (χ1v) is 8.92. The van der Waals surface area contributed by atoms with Crippen LogP contribution in [-0.4, -0.2) is 74.2 Å². The fraction of sp³-hybridized carbons (Fsp3) is 0.556. The van der Waals surface area contributed by atoms with Gasteiger partial charge in [-0.1, -0.05) is 11.3 Å². The number of hydrogen-bond acceptors (Lipinski definition) is 6. The largest absolute Gasteiger partial charge is 0.444 e. The van der Waals surface area contributed by atoms with Crippen molar-refractivity contribution in [3.63, 3.8) is 0 Å². The van der Waals surface area contributed by atoms with E-state index in [0.717, 1.165) is 37.6 Å². The van der Waals surface area contributed by atoms with Crippen LogP contribution < -0.4 is 0 Å². The zero-order chi connectivity index (χ0) is 18.6. The molecule has 8 nitrogen and oxygen atoms in total. The number of carbonyl (C=O) groups is 1. The summed E-state index contributed by atoms with van der Waals surface area (Å²) in [5.41, 5.74) is 1.15. The molecule has 2 aromatic heterocycles. The van der Waals surface area contributed by atoms with Gasteiger partial charge in [0, 0.05) is 38.9 Å². The minimum atomic E-state index is -0.452. The van der Waals surface area contributed by atoms with Gasteiger partial charge in [0.1, 0.15) is 11.3 Å². The average Bonchev–Trinajstić information content (AvgIpc) is 3.09. The molecule has 1 fully saturated rings. The molecule has 0 atom stereocenters. The van der Waals surface area contributed by atoms with Gasteiger partial charge in [-0.2, -0.15) is 0 Å². The molecule has 0 spiro atoms. The van der Waals surface area contributed by atoms with Crippen LogP contribution in [0.25, 0.3) is 11.4 Å². The molecule has 3 rings (SSSR count). The molecule has 0 saturated carbocycles. The van der Waals surface area contributed by atoms with E-state index in [4.69, 9.17) is 4.74 Å². The number of nitrogens with zero attached hydrogens (tertiary/aromatic N) is 6. The van der Waals surface area contributed by atoms with E-state index in [1.165, 1.54) is 0 Å². The van der Waals surface area contributed by atoms with Crippen LogP contribution in [0.3, 0.4) is 0 Å². The highest BCUT2D eigenvalue weighted by Gasteiger charge is 2.25. The quantitative estimate of drug-likeness (QED) is 0.831. The third kappa shape index (κ3) is 5.01. The van der Waals surface area contributed by atoms with Crippen LogP contribution in [0.5, 0.6) is 0 Å². The van der Waals surface area contributed by atoms with Crippen molar-refractivity contribution in [2.75, 3.05) is 32.7 Å². The lowest BCUT2D eigenvalue weighted by Crippen LogP contribution is -2.50. The molecule has 1 saturated heterocycles. The van der Waals surface area contributed by atoms with Gasteiger partial charge in [-0.05, 0) is 32.9 Å². The van der Waals surface area contributed by atoms with Crippen molar-refractivity contribution in [2.45, 2.75) is 32.9 Å². The van der Waals surface area contributed by atoms with Crippen LogP contribution >= 0.6 is 0 Å². The number of hydrogen-bond donors (Lipinski definition) is 0. The second-order valence-electron chi connectivity index (χ2n) is 7.39. The molecule has 8 heteroatoms. The molecule has 2 aromatic rings. The Morgan fingerprint density at radius 3 is 2.54 bits per heavy atom. The van der Waals surface area contributed by atoms with Crippen molar-refractivity contribution in [1.82, 2.24) is 29.8 Å². The summed E-state index contributed by atoms with van der Waals surface area (Å²) in [6, 6.07) is 5.74. The fourth-order valence-corrected chi connectivity index (χ4v) is 2.76. The molecule has 0 unspecified atom stereocenters. The first-order chi connectivity index (χ1) is 12.4. The minimum absolute atomic E-state index is 0.228. The maximum Gasteiger partial charge on any atom is 0.410 e. The number of ether oxygens (including phenoxy) is 1. The molecular weight excluding hydrogens is 332 g/mol. The molecule has 0 N–H and O–H groups in total. The maximum atomic E-state index is 12.1. The van der Waals surface area contributed by atoms with Crippen molar-refractivity contribution in [2.24, 2.45) is 0 Å². The Morgan fingerprint density at radius 1 is 1.12 bits per heavy atom. The van der Waals surface area contributed by atoms with Gasteiger partial charge >= 0.3 is 6.09 Å². The smallest absolute Gasteiger partial charge is 0.410 e. The molecule has 0 radical (unpaired) electrons. The molecule has 26 heavy (non-hydrogen) atoms. The molecule has 140 valence electrons. The Bertz CT molecular complexity index is 717. The number of piperazine rings is 1. The second kappa shape index (κ2) is 7.82. The van der Waals surface area contributed by atoms with Gasteiger partial charge in [0.15, 0.2) is 0 Å². The van der Waals surface area contributed by atoms with Gasteiger partial charge < -0.3 is 9.64 Å². The van der Waals surface area contributed by atoms with E-state index in [1.807, 2.05) is 49.8 Å². The van der Waals surface area contributed by atoms with Gasteiger partial charge in [0.25, 0.3) is 0 Å². The van der Waals surface area contributed by atoms with Gasteiger partial charge in [0.05, 0.1) is 18.4 Å². The topological polar surface area (TPSA) is 76.4 Å². The Hall–Kier alpha value is -2.48. The molecular formula is C18H26N6O2. The summed E-state index contributed by atoms with van der Waals surface area (Å²) in [6.45, 7) is 10.3. The summed E-state index contributed by atoms with van der Waals surface area (Å²) in [5.74, 6) is 0. The number of rotatable bonds is 4. The van der Waals surface area contributed by atoms with Crippen molar-refractivity contribution in [1.29, 1.82) is 0 Å². The predicted molar refractivity (Wildman–Crippen MR) is 97.5 cm³/mol. The van der Waals surface area contributed by atoms with E-state index in [9.17, 15) is 4.79 Å². The SMILES string of the molecule is CC(C)(C)OC(=O)N1CCN(CCn2cc(-c3ccccn3)nn2)CC1. The molecule has 1 aliphatic heterocycles. The van der Waals surface area contributed by atoms with Crippen LogP contribution in [0.1, 0.15) is 20.8 Å². The standard InChI is InChI=1S/C18H26N6O2/c1-18(2,3)26-17(25)23-11-8-22(9-12-23)10-13-24-14-16(20-21-24)15-6-4-5-7-19-15/h4-7,14H,8-13H2,1-3H3. The summed E-state index contributed by atoms with van der Waals surface area (Å²) in [5, 5.41) is 8.36. The van der Waals surface area contributed by atoms with E-state index in [0.29, 0.717) is 13.1 Å². The summed E-state index contributed by atoms with van der Waals surface area (Å²) in [7, 11) is 0. The van der Waals surface area contributed by atoms with E-state index in [-0.39, 0.29) is 6.09 Å². The molecule has 0 aromatic carbocycles. The molecule has 1 aliphatic rings. The lowest BCUT2D eigenvalue weighted by molar-refractivity contribution is 0.0142. The minimum Gasteiger partial charge on any atom is -0.444 e. The van der Waals surface area contributed by atoms with Crippen LogP contribution in [0, 0.1) is 0 Å². The summed E-state index contributed by atoms with van der Waals surface area (Å²) < 4.78 is 7.26. The number of carbonyl (C=O) groups excluding carboxylic acids is 1. The monoisotopic (exact) mass is 358 g/mol. The first-order valence-electron chi connectivity index (χ1n) is 8.92. The number of aromatic nitrogens is 4. The lowest BCUT2D eigenvalue weighted by atomic mass is 10.2. The third-order valence-electron chi connectivity index (χ3n) is 4.14. The highest BCUT2D eigenvalue weighted by molar-refractivity contribution is 5.68. The fourth-order valence-electron chi connectivity index (χ4n) is 2.76. The average molecular weight is 358 g/mol. The Kier molecular flexibility index (Phi) is 5.51. The van der Waals surface area contributed by atoms with Gasteiger partial charge in [0.2, 0.25) is 0 Å². The second-order valence-corrected chi connectivity index (χ2v) is 7.39. The highest BCUT2D eigenvalue weighted by Crippen LogP contribution is 2.13.